The van der Waals surface area contributed by atoms with Crippen molar-refractivity contribution in [1.29, 1.82) is 0 Å². The number of rotatable bonds is 1. The second kappa shape index (κ2) is 4.53. The Morgan fingerprint density at radius 2 is 1.74 bits per heavy atom. The van der Waals surface area contributed by atoms with E-state index in [9.17, 15) is 15.0 Å². The molecular weight excluding hydrogens is 288 g/mol. The molecule has 130 valence electrons. The van der Waals surface area contributed by atoms with Gasteiger partial charge in [0.1, 0.15) is 0 Å². The van der Waals surface area contributed by atoms with Crippen LogP contribution in [0, 0.1) is 33.5 Å². The van der Waals surface area contributed by atoms with Gasteiger partial charge in [-0.25, -0.2) is 0 Å². The zero-order chi connectivity index (χ0) is 16.7. The van der Waals surface area contributed by atoms with Crippen LogP contribution < -0.4 is 0 Å². The third kappa shape index (κ3) is 1.83. The smallest absolute Gasteiger partial charge is 0.309 e. The highest BCUT2D eigenvalue weighted by Crippen LogP contribution is 2.73. The second-order valence-electron chi connectivity index (χ2n) is 10.2. The summed E-state index contributed by atoms with van der Waals surface area (Å²) in [6.07, 6.45) is 9.52. The minimum absolute atomic E-state index is 0.0935. The summed E-state index contributed by atoms with van der Waals surface area (Å²) in [5, 5.41) is 20.7. The normalized spacial score (nSPS) is 58.3. The molecule has 4 rings (SSSR count). The van der Waals surface area contributed by atoms with Crippen LogP contribution in [-0.2, 0) is 4.79 Å². The third-order valence-electron chi connectivity index (χ3n) is 9.14. The molecule has 3 heteroatoms. The molecule has 4 aliphatic rings. The van der Waals surface area contributed by atoms with E-state index in [0.717, 1.165) is 44.9 Å². The molecule has 4 saturated carbocycles. The molecule has 23 heavy (non-hydrogen) atoms. The Kier molecular flexibility index (Phi) is 3.14. The van der Waals surface area contributed by atoms with E-state index < -0.39 is 11.4 Å². The van der Waals surface area contributed by atoms with E-state index in [1.165, 1.54) is 12.8 Å². The number of fused-ring (bicyclic) bond motifs is 3. The molecule has 2 N–H and O–H groups in total. The second-order valence-corrected chi connectivity index (χ2v) is 10.2. The van der Waals surface area contributed by atoms with E-state index in [-0.39, 0.29) is 22.9 Å². The summed E-state index contributed by atoms with van der Waals surface area (Å²) >= 11 is 0. The van der Waals surface area contributed by atoms with Gasteiger partial charge in [0.15, 0.2) is 0 Å². The summed E-state index contributed by atoms with van der Waals surface area (Å²) < 4.78 is 0. The van der Waals surface area contributed by atoms with Crippen LogP contribution in [0.1, 0.15) is 78.6 Å². The van der Waals surface area contributed by atoms with Gasteiger partial charge in [0.25, 0.3) is 0 Å². The standard InChI is InChI=1S/C20H32O3/c1-17-9-10-20(12-17)8-5-13-18(2,14(20)11-15(17)21)6-4-7-19(13,3)16(22)23/h13-15,21H,4-12H2,1-3H3,(H,22,23)/t13-,14-,15-,17+,18+,19+,20-/m0/s1. The van der Waals surface area contributed by atoms with Crippen LogP contribution in [0.3, 0.4) is 0 Å². The number of aliphatic hydroxyl groups excluding tert-OH is 1. The molecule has 4 fully saturated rings. The topological polar surface area (TPSA) is 57.5 Å². The van der Waals surface area contributed by atoms with Gasteiger partial charge in [-0.3, -0.25) is 4.79 Å². The van der Waals surface area contributed by atoms with E-state index in [2.05, 4.69) is 13.8 Å². The van der Waals surface area contributed by atoms with Gasteiger partial charge in [0, 0.05) is 0 Å². The molecule has 0 aromatic heterocycles. The van der Waals surface area contributed by atoms with Crippen LogP contribution in [0.4, 0.5) is 0 Å². The Morgan fingerprint density at radius 3 is 2.43 bits per heavy atom. The molecule has 0 aromatic carbocycles. The molecule has 0 saturated heterocycles. The fourth-order valence-corrected chi connectivity index (χ4v) is 7.88. The highest BCUT2D eigenvalue weighted by Gasteiger charge is 2.67. The number of hydrogen-bond acceptors (Lipinski definition) is 2. The summed E-state index contributed by atoms with van der Waals surface area (Å²) in [6.45, 7) is 6.64. The van der Waals surface area contributed by atoms with Crippen LogP contribution in [-0.4, -0.2) is 22.3 Å². The van der Waals surface area contributed by atoms with E-state index in [4.69, 9.17) is 0 Å². The molecule has 4 aliphatic carbocycles. The Balaban J connectivity index is 1.76. The molecule has 2 bridgehead atoms. The molecule has 0 amide bonds. The van der Waals surface area contributed by atoms with Crippen LogP contribution >= 0.6 is 0 Å². The molecule has 7 atom stereocenters. The number of aliphatic carboxylic acids is 1. The Hall–Kier alpha value is -0.570. The minimum atomic E-state index is -0.600. The third-order valence-corrected chi connectivity index (χ3v) is 9.14. The van der Waals surface area contributed by atoms with Gasteiger partial charge < -0.3 is 10.2 Å². The largest absolute Gasteiger partial charge is 0.481 e. The predicted octanol–water partition coefficient (Wildman–Crippen LogP) is 4.23. The lowest BCUT2D eigenvalue weighted by Crippen LogP contribution is -2.60. The van der Waals surface area contributed by atoms with Crippen molar-refractivity contribution in [2.24, 2.45) is 33.5 Å². The van der Waals surface area contributed by atoms with Crippen molar-refractivity contribution < 1.29 is 15.0 Å². The van der Waals surface area contributed by atoms with E-state index in [0.29, 0.717) is 11.3 Å². The monoisotopic (exact) mass is 320 g/mol. The van der Waals surface area contributed by atoms with Crippen molar-refractivity contribution in [2.75, 3.05) is 0 Å². The van der Waals surface area contributed by atoms with Crippen molar-refractivity contribution in [3.63, 3.8) is 0 Å². The van der Waals surface area contributed by atoms with Gasteiger partial charge in [-0.05, 0) is 86.4 Å². The van der Waals surface area contributed by atoms with Crippen LogP contribution in [0.2, 0.25) is 0 Å². The van der Waals surface area contributed by atoms with Crippen molar-refractivity contribution >= 4 is 5.97 Å². The molecule has 0 radical (unpaired) electrons. The first-order valence-electron chi connectivity index (χ1n) is 9.58. The summed E-state index contributed by atoms with van der Waals surface area (Å²) in [5.41, 5.74) is 0.0235. The summed E-state index contributed by atoms with van der Waals surface area (Å²) in [6, 6.07) is 0. The van der Waals surface area contributed by atoms with Gasteiger partial charge in [0.05, 0.1) is 11.5 Å². The van der Waals surface area contributed by atoms with Gasteiger partial charge in [0.2, 0.25) is 0 Å². The molecule has 0 aliphatic heterocycles. The van der Waals surface area contributed by atoms with Gasteiger partial charge in [-0.1, -0.05) is 20.3 Å². The molecular formula is C20H32O3. The van der Waals surface area contributed by atoms with E-state index >= 15 is 0 Å². The lowest BCUT2D eigenvalue weighted by Gasteiger charge is -2.64. The maximum Gasteiger partial charge on any atom is 0.309 e. The fraction of sp³-hybridized carbons (Fsp3) is 0.950. The van der Waals surface area contributed by atoms with Crippen LogP contribution in [0.5, 0.6) is 0 Å². The maximum absolute atomic E-state index is 12.1. The average molecular weight is 320 g/mol. The van der Waals surface area contributed by atoms with Crippen LogP contribution in [0.25, 0.3) is 0 Å². The fourth-order valence-electron chi connectivity index (χ4n) is 7.88. The number of carboxylic acids is 1. The molecule has 0 heterocycles. The van der Waals surface area contributed by atoms with Gasteiger partial charge in [-0.15, -0.1) is 0 Å². The highest BCUT2D eigenvalue weighted by atomic mass is 16.4. The quantitative estimate of drug-likeness (QED) is 0.760. The SMILES string of the molecule is C[C@]12CC[C@@]3(CC[C@H]4[C@@](C)(CCC[C@@]4(C)C(=O)O)[C@@H]3C[C@@H]1O)C2. The number of carbonyl (C=O) groups is 1. The maximum atomic E-state index is 12.1. The zero-order valence-electron chi connectivity index (χ0n) is 14.9. The van der Waals surface area contributed by atoms with Crippen molar-refractivity contribution in [3.05, 3.63) is 0 Å². The minimum Gasteiger partial charge on any atom is -0.481 e. The predicted molar refractivity (Wildman–Crippen MR) is 88.9 cm³/mol. The Morgan fingerprint density at radius 1 is 1.00 bits per heavy atom. The molecule has 3 nitrogen and oxygen atoms in total. The van der Waals surface area contributed by atoms with Crippen molar-refractivity contribution in [1.82, 2.24) is 0 Å². The van der Waals surface area contributed by atoms with E-state index in [1.54, 1.807) is 0 Å². The zero-order valence-corrected chi connectivity index (χ0v) is 14.9. The van der Waals surface area contributed by atoms with Crippen LogP contribution in [0.15, 0.2) is 0 Å². The first-order chi connectivity index (χ1) is 10.7. The van der Waals surface area contributed by atoms with Crippen molar-refractivity contribution in [3.8, 4) is 0 Å². The summed E-state index contributed by atoms with van der Waals surface area (Å²) in [7, 11) is 0. The number of aliphatic hydroxyl groups is 1. The summed E-state index contributed by atoms with van der Waals surface area (Å²) in [4.78, 5) is 12.1. The molecule has 1 spiro atoms. The Bertz CT molecular complexity index is 545. The molecule has 0 aromatic rings. The van der Waals surface area contributed by atoms with Gasteiger partial charge in [-0.2, -0.15) is 0 Å². The average Bonchev–Trinajstić information content (AvgIpc) is 2.76. The molecule has 0 unspecified atom stereocenters. The lowest BCUT2D eigenvalue weighted by molar-refractivity contribution is -0.191. The van der Waals surface area contributed by atoms with E-state index in [1.807, 2.05) is 6.92 Å². The first kappa shape index (κ1) is 15.9. The lowest BCUT2D eigenvalue weighted by atomic mass is 9.40. The first-order valence-corrected chi connectivity index (χ1v) is 9.58. The number of hydrogen-bond donors (Lipinski definition) is 2. The Labute approximate surface area is 139 Å². The van der Waals surface area contributed by atoms with Crippen molar-refractivity contribution in [2.45, 2.75) is 84.7 Å². The van der Waals surface area contributed by atoms with Gasteiger partial charge >= 0.3 is 5.97 Å². The number of carboxylic acid groups (broad SMARTS) is 1. The highest BCUT2D eigenvalue weighted by molar-refractivity contribution is 5.75. The summed E-state index contributed by atoms with van der Waals surface area (Å²) in [5.74, 6) is 0.185.